The van der Waals surface area contributed by atoms with Crippen molar-refractivity contribution in [2.24, 2.45) is 5.92 Å². The molecule has 142 valence electrons. The summed E-state index contributed by atoms with van der Waals surface area (Å²) in [5, 5.41) is 13.5. The van der Waals surface area contributed by atoms with Gasteiger partial charge in [0.05, 0.1) is 0 Å². The quantitative estimate of drug-likeness (QED) is 0.781. The lowest BCUT2D eigenvalue weighted by atomic mass is 9.85. The van der Waals surface area contributed by atoms with Gasteiger partial charge in [0.2, 0.25) is 5.91 Å². The summed E-state index contributed by atoms with van der Waals surface area (Å²) in [6, 6.07) is 4.04. The second-order valence-electron chi connectivity index (χ2n) is 7.95. The van der Waals surface area contributed by atoms with Crippen LogP contribution >= 0.6 is 0 Å². The first-order valence-corrected chi connectivity index (χ1v) is 10.2. The van der Waals surface area contributed by atoms with Gasteiger partial charge in [-0.2, -0.15) is 4.52 Å². The van der Waals surface area contributed by atoms with Gasteiger partial charge in [-0.15, -0.1) is 15.3 Å². The van der Waals surface area contributed by atoms with Gasteiger partial charge in [0, 0.05) is 38.0 Å². The van der Waals surface area contributed by atoms with E-state index in [0.29, 0.717) is 11.8 Å². The first-order valence-electron chi connectivity index (χ1n) is 10.2. The molecule has 3 aliphatic rings. The molecule has 0 N–H and O–H groups in total. The zero-order valence-electron chi connectivity index (χ0n) is 15.6. The molecule has 0 spiro atoms. The molecule has 27 heavy (non-hydrogen) atoms. The summed E-state index contributed by atoms with van der Waals surface area (Å²) < 4.78 is 1.93. The normalized spacial score (nSPS) is 21.6. The predicted molar refractivity (Wildman–Crippen MR) is 103 cm³/mol. The van der Waals surface area contributed by atoms with Crippen molar-refractivity contribution < 1.29 is 4.79 Å². The summed E-state index contributed by atoms with van der Waals surface area (Å²) in [6.07, 6.45) is 10.7. The number of amides is 1. The van der Waals surface area contributed by atoms with Gasteiger partial charge in [-0.1, -0.05) is 18.6 Å². The molecule has 2 fully saturated rings. The number of carbonyl (C=O) groups excluding carboxylic acids is 1. The van der Waals surface area contributed by atoms with Gasteiger partial charge in [-0.25, -0.2) is 0 Å². The van der Waals surface area contributed by atoms with E-state index in [2.05, 4.69) is 32.1 Å². The highest BCUT2D eigenvalue weighted by atomic mass is 16.2. The fourth-order valence-corrected chi connectivity index (χ4v) is 4.33. The number of anilines is 1. The number of rotatable bonds is 3. The summed E-state index contributed by atoms with van der Waals surface area (Å²) in [6.45, 7) is 3.36. The summed E-state index contributed by atoms with van der Waals surface area (Å²) >= 11 is 0. The molecule has 7 heteroatoms. The van der Waals surface area contributed by atoms with Crippen LogP contribution < -0.4 is 4.90 Å². The Morgan fingerprint density at radius 3 is 2.59 bits per heavy atom. The molecule has 1 saturated carbocycles. The number of hydrogen-bond acceptors (Lipinski definition) is 5. The van der Waals surface area contributed by atoms with Crippen LogP contribution in [0.25, 0.3) is 5.65 Å². The molecule has 5 rings (SSSR count). The van der Waals surface area contributed by atoms with Crippen LogP contribution in [0, 0.1) is 5.92 Å². The average molecular weight is 366 g/mol. The van der Waals surface area contributed by atoms with Crippen LogP contribution in [0.3, 0.4) is 0 Å². The second kappa shape index (κ2) is 6.94. The molecule has 7 nitrogen and oxygen atoms in total. The van der Waals surface area contributed by atoms with Crippen molar-refractivity contribution >= 4 is 17.4 Å². The molecule has 2 aromatic heterocycles. The molecule has 1 aliphatic heterocycles. The van der Waals surface area contributed by atoms with Crippen LogP contribution in [0.5, 0.6) is 0 Å². The molecule has 0 bridgehead atoms. The van der Waals surface area contributed by atoms with E-state index in [1.54, 1.807) is 0 Å². The van der Waals surface area contributed by atoms with Gasteiger partial charge >= 0.3 is 0 Å². The Hall–Kier alpha value is -2.44. The van der Waals surface area contributed by atoms with E-state index < -0.39 is 0 Å². The number of aromatic nitrogens is 4. The number of hydrogen-bond donors (Lipinski definition) is 0. The van der Waals surface area contributed by atoms with Gasteiger partial charge in [0.15, 0.2) is 11.5 Å². The smallest absolute Gasteiger partial charge is 0.226 e. The van der Waals surface area contributed by atoms with Gasteiger partial charge in [0.1, 0.15) is 5.82 Å². The number of nitrogens with zero attached hydrogens (tertiary/aromatic N) is 6. The summed E-state index contributed by atoms with van der Waals surface area (Å²) in [4.78, 5) is 17.1. The van der Waals surface area contributed by atoms with E-state index in [4.69, 9.17) is 5.10 Å². The minimum atomic E-state index is 0.160. The lowest BCUT2D eigenvalue weighted by molar-refractivity contribution is -0.134. The maximum Gasteiger partial charge on any atom is 0.226 e. The topological polar surface area (TPSA) is 66.6 Å². The van der Waals surface area contributed by atoms with Crippen LogP contribution in [-0.2, 0) is 4.79 Å². The van der Waals surface area contributed by atoms with Crippen LogP contribution in [-0.4, -0.2) is 56.8 Å². The second-order valence-corrected chi connectivity index (χ2v) is 7.95. The molecule has 1 saturated heterocycles. The molecular formula is C20H26N6O. The minimum Gasteiger partial charge on any atom is -0.353 e. The zero-order chi connectivity index (χ0) is 18.2. The third-order valence-corrected chi connectivity index (χ3v) is 6.23. The van der Waals surface area contributed by atoms with Gasteiger partial charge in [-0.05, 0) is 44.2 Å². The van der Waals surface area contributed by atoms with Crippen LogP contribution in [0.4, 0.5) is 5.82 Å². The highest BCUT2D eigenvalue weighted by molar-refractivity contribution is 5.79. The summed E-state index contributed by atoms with van der Waals surface area (Å²) in [7, 11) is 0. The monoisotopic (exact) mass is 366 g/mol. The van der Waals surface area contributed by atoms with Gasteiger partial charge in [0.25, 0.3) is 0 Å². The third kappa shape index (κ3) is 3.09. The Balaban J connectivity index is 1.32. The highest BCUT2D eigenvalue weighted by Crippen LogP contribution is 2.35. The van der Waals surface area contributed by atoms with Crippen molar-refractivity contribution in [1.29, 1.82) is 0 Å². The number of allylic oxidation sites excluding steroid dienone is 2. The van der Waals surface area contributed by atoms with Crippen LogP contribution in [0.1, 0.15) is 50.3 Å². The average Bonchev–Trinajstić information content (AvgIpc) is 3.25. The Morgan fingerprint density at radius 2 is 1.81 bits per heavy atom. The molecule has 2 aliphatic carbocycles. The summed E-state index contributed by atoms with van der Waals surface area (Å²) in [5.74, 6) is 2.93. The Morgan fingerprint density at radius 1 is 0.963 bits per heavy atom. The van der Waals surface area contributed by atoms with Crippen molar-refractivity contribution in [2.75, 3.05) is 31.1 Å². The van der Waals surface area contributed by atoms with Gasteiger partial charge < -0.3 is 9.80 Å². The lowest BCUT2D eigenvalue weighted by Gasteiger charge is -2.25. The molecule has 1 amide bonds. The molecule has 0 radical (unpaired) electrons. The largest absolute Gasteiger partial charge is 0.353 e. The van der Waals surface area contributed by atoms with E-state index in [1.807, 2.05) is 16.6 Å². The van der Waals surface area contributed by atoms with E-state index in [9.17, 15) is 4.79 Å². The van der Waals surface area contributed by atoms with E-state index in [1.165, 1.54) is 19.3 Å². The predicted octanol–water partition coefficient (Wildman–Crippen LogP) is 2.40. The molecule has 0 atom stereocenters. The Bertz CT molecular complexity index is 862. The van der Waals surface area contributed by atoms with Crippen LogP contribution in [0.2, 0.25) is 0 Å². The maximum absolute atomic E-state index is 12.7. The molecular weight excluding hydrogens is 340 g/mol. The number of fused-ring (bicyclic) bond motifs is 1. The summed E-state index contributed by atoms with van der Waals surface area (Å²) in [5.41, 5.74) is 0.820. The molecule has 3 heterocycles. The van der Waals surface area contributed by atoms with E-state index >= 15 is 0 Å². The Labute approximate surface area is 159 Å². The van der Waals surface area contributed by atoms with Crippen molar-refractivity contribution in [3.63, 3.8) is 0 Å². The standard InChI is InChI=1S/C20H26N6O/c27-20(16-5-1-2-6-16)25-12-4-11-24(13-14-25)18-10-9-17-21-22-19(26(17)23-18)15-7-3-8-15/h1-2,9-10,15-16H,3-8,11-14H2. The number of carbonyl (C=O) groups is 1. The fraction of sp³-hybridized carbons (Fsp3) is 0.600. The van der Waals surface area contributed by atoms with Crippen molar-refractivity contribution in [3.05, 3.63) is 30.1 Å². The lowest BCUT2D eigenvalue weighted by Crippen LogP contribution is -2.38. The van der Waals surface area contributed by atoms with Crippen molar-refractivity contribution in [2.45, 2.75) is 44.4 Å². The molecule has 0 aromatic carbocycles. The fourth-order valence-electron chi connectivity index (χ4n) is 4.33. The molecule has 2 aromatic rings. The zero-order valence-corrected chi connectivity index (χ0v) is 15.6. The van der Waals surface area contributed by atoms with Crippen LogP contribution in [0.15, 0.2) is 24.3 Å². The SMILES string of the molecule is O=C(C1CC=CC1)N1CCCN(c2ccc3nnc(C4CCC4)n3n2)CC1. The first-order chi connectivity index (χ1) is 13.3. The minimum absolute atomic E-state index is 0.160. The van der Waals surface area contributed by atoms with Crippen molar-refractivity contribution in [1.82, 2.24) is 24.7 Å². The third-order valence-electron chi connectivity index (χ3n) is 6.23. The first kappa shape index (κ1) is 16.7. The molecule has 0 unspecified atom stereocenters. The Kier molecular flexibility index (Phi) is 4.30. The maximum atomic E-state index is 12.7. The van der Waals surface area contributed by atoms with E-state index in [-0.39, 0.29) is 5.92 Å². The highest BCUT2D eigenvalue weighted by Gasteiger charge is 2.28. The van der Waals surface area contributed by atoms with Gasteiger partial charge in [-0.3, -0.25) is 4.79 Å². The van der Waals surface area contributed by atoms with E-state index in [0.717, 1.165) is 62.7 Å². The van der Waals surface area contributed by atoms with Crippen molar-refractivity contribution in [3.8, 4) is 0 Å².